The minimum atomic E-state index is -0.896. The summed E-state index contributed by atoms with van der Waals surface area (Å²) in [5, 5.41) is 12.2. The van der Waals surface area contributed by atoms with Crippen LogP contribution in [0, 0.1) is 6.92 Å². The molecule has 24 heavy (non-hydrogen) atoms. The van der Waals surface area contributed by atoms with E-state index in [4.69, 9.17) is 23.2 Å². The highest BCUT2D eigenvalue weighted by molar-refractivity contribution is 6.31. The molecule has 1 aromatic carbocycles. The van der Waals surface area contributed by atoms with Crippen LogP contribution in [0.3, 0.4) is 0 Å². The predicted octanol–water partition coefficient (Wildman–Crippen LogP) is 4.14. The first-order valence-electron chi connectivity index (χ1n) is 8.20. The standard InChI is InChI=1S/C18H21Cl2N3O/c1-3-15-21-16(20)12(2)17(22-15)23-10-8-18(24,9-11-23)13-6-4-5-7-14(13)19/h4-7,24H,3,8-11H2,1-2H3. The second kappa shape index (κ2) is 6.87. The molecular weight excluding hydrogens is 345 g/mol. The first kappa shape index (κ1) is 17.5. The van der Waals surface area contributed by atoms with Crippen LogP contribution in [0.4, 0.5) is 5.82 Å². The number of nitrogens with zero attached hydrogens (tertiary/aromatic N) is 3. The molecule has 0 unspecified atom stereocenters. The molecule has 6 heteroatoms. The van der Waals surface area contributed by atoms with E-state index in [1.165, 1.54) is 0 Å². The summed E-state index contributed by atoms with van der Waals surface area (Å²) < 4.78 is 0. The SMILES string of the molecule is CCc1nc(Cl)c(C)c(N2CCC(O)(c3ccccc3Cl)CC2)n1. The predicted molar refractivity (Wildman–Crippen MR) is 98.0 cm³/mol. The maximum Gasteiger partial charge on any atom is 0.137 e. The van der Waals surface area contributed by atoms with Crippen molar-refractivity contribution in [1.82, 2.24) is 9.97 Å². The van der Waals surface area contributed by atoms with Crippen molar-refractivity contribution < 1.29 is 5.11 Å². The highest BCUT2D eigenvalue weighted by Crippen LogP contribution is 2.38. The summed E-state index contributed by atoms with van der Waals surface area (Å²) in [5.41, 5.74) is 0.794. The molecule has 128 valence electrons. The van der Waals surface area contributed by atoms with Gasteiger partial charge in [0.1, 0.15) is 16.8 Å². The average Bonchev–Trinajstić information content (AvgIpc) is 2.58. The van der Waals surface area contributed by atoms with Gasteiger partial charge in [-0.15, -0.1) is 0 Å². The Kier molecular flexibility index (Phi) is 5.00. The van der Waals surface area contributed by atoms with Crippen LogP contribution in [-0.4, -0.2) is 28.2 Å². The molecule has 0 aliphatic carbocycles. The van der Waals surface area contributed by atoms with Crippen molar-refractivity contribution in [3.8, 4) is 0 Å². The Labute approximate surface area is 152 Å². The van der Waals surface area contributed by atoms with Gasteiger partial charge in [0.2, 0.25) is 0 Å². The summed E-state index contributed by atoms with van der Waals surface area (Å²) in [6.45, 7) is 5.33. The summed E-state index contributed by atoms with van der Waals surface area (Å²) in [6.07, 6.45) is 1.93. The third-order valence-corrected chi connectivity index (χ3v) is 5.39. The zero-order valence-electron chi connectivity index (χ0n) is 13.9. The number of hydrogen-bond acceptors (Lipinski definition) is 4. The molecule has 0 saturated carbocycles. The van der Waals surface area contributed by atoms with Gasteiger partial charge in [0, 0.05) is 35.7 Å². The second-order valence-electron chi connectivity index (χ2n) is 6.23. The summed E-state index contributed by atoms with van der Waals surface area (Å²) in [4.78, 5) is 11.1. The van der Waals surface area contributed by atoms with Gasteiger partial charge in [-0.2, -0.15) is 0 Å². The number of aryl methyl sites for hydroxylation is 1. The zero-order valence-corrected chi connectivity index (χ0v) is 15.4. The maximum absolute atomic E-state index is 11.0. The molecule has 0 amide bonds. The molecule has 0 spiro atoms. The Hall–Kier alpha value is -1.36. The molecule has 1 N–H and O–H groups in total. The van der Waals surface area contributed by atoms with Crippen LogP contribution >= 0.6 is 23.2 Å². The second-order valence-corrected chi connectivity index (χ2v) is 7.00. The molecule has 0 atom stereocenters. The number of aliphatic hydroxyl groups is 1. The van der Waals surface area contributed by atoms with Gasteiger partial charge in [0.05, 0.1) is 5.60 Å². The van der Waals surface area contributed by atoms with Gasteiger partial charge in [0.25, 0.3) is 0 Å². The lowest BCUT2D eigenvalue weighted by Gasteiger charge is -2.40. The highest BCUT2D eigenvalue weighted by atomic mass is 35.5. The van der Waals surface area contributed by atoms with Crippen molar-refractivity contribution in [2.75, 3.05) is 18.0 Å². The van der Waals surface area contributed by atoms with E-state index in [1.54, 1.807) is 0 Å². The molecule has 4 nitrogen and oxygen atoms in total. The van der Waals surface area contributed by atoms with Crippen LogP contribution in [0.5, 0.6) is 0 Å². The Balaban J connectivity index is 1.83. The lowest BCUT2D eigenvalue weighted by Crippen LogP contribution is -2.43. The fourth-order valence-electron chi connectivity index (χ4n) is 3.18. The monoisotopic (exact) mass is 365 g/mol. The molecule has 1 saturated heterocycles. The first-order chi connectivity index (χ1) is 11.4. The van der Waals surface area contributed by atoms with Gasteiger partial charge in [-0.1, -0.05) is 48.3 Å². The number of piperidine rings is 1. The third kappa shape index (κ3) is 3.23. The molecular formula is C18H21Cl2N3O. The van der Waals surface area contributed by atoms with Crippen molar-refractivity contribution in [1.29, 1.82) is 0 Å². The van der Waals surface area contributed by atoms with Crippen LogP contribution in [0.15, 0.2) is 24.3 Å². The Morgan fingerprint density at radius 1 is 1.17 bits per heavy atom. The number of benzene rings is 1. The van der Waals surface area contributed by atoms with Crippen LogP contribution in [0.1, 0.15) is 36.7 Å². The van der Waals surface area contributed by atoms with Crippen molar-refractivity contribution in [2.45, 2.75) is 38.7 Å². The summed E-state index contributed by atoms with van der Waals surface area (Å²) >= 11 is 12.5. The summed E-state index contributed by atoms with van der Waals surface area (Å²) in [6, 6.07) is 7.51. The number of hydrogen-bond donors (Lipinski definition) is 1. The van der Waals surface area contributed by atoms with E-state index in [0.717, 1.165) is 29.2 Å². The lowest BCUT2D eigenvalue weighted by atomic mass is 9.84. The third-order valence-electron chi connectivity index (χ3n) is 4.69. The van der Waals surface area contributed by atoms with Gasteiger partial charge in [-0.25, -0.2) is 9.97 Å². The topological polar surface area (TPSA) is 49.2 Å². The number of anilines is 1. The van der Waals surface area contributed by atoms with Crippen molar-refractivity contribution in [2.24, 2.45) is 0 Å². The van der Waals surface area contributed by atoms with E-state index in [1.807, 2.05) is 38.1 Å². The fraction of sp³-hybridized carbons (Fsp3) is 0.444. The van der Waals surface area contributed by atoms with Gasteiger partial charge >= 0.3 is 0 Å². The minimum Gasteiger partial charge on any atom is -0.385 e. The Morgan fingerprint density at radius 2 is 1.83 bits per heavy atom. The molecule has 2 heterocycles. The zero-order chi connectivity index (χ0) is 17.3. The van der Waals surface area contributed by atoms with Crippen LogP contribution in [0.25, 0.3) is 0 Å². The van der Waals surface area contributed by atoms with Gasteiger partial charge in [-0.3, -0.25) is 0 Å². The number of aromatic nitrogens is 2. The van der Waals surface area contributed by atoms with E-state index in [-0.39, 0.29) is 0 Å². The van der Waals surface area contributed by atoms with Crippen molar-refractivity contribution in [3.05, 3.63) is 51.4 Å². The average molecular weight is 366 g/mol. The molecule has 1 aliphatic heterocycles. The minimum absolute atomic E-state index is 0.504. The normalized spacial score (nSPS) is 17.1. The number of rotatable bonds is 3. The van der Waals surface area contributed by atoms with E-state index >= 15 is 0 Å². The van der Waals surface area contributed by atoms with Gasteiger partial charge in [0.15, 0.2) is 0 Å². The van der Waals surface area contributed by atoms with E-state index in [2.05, 4.69) is 14.9 Å². The Morgan fingerprint density at radius 3 is 2.46 bits per heavy atom. The molecule has 2 aromatic rings. The van der Waals surface area contributed by atoms with Gasteiger partial charge in [-0.05, 0) is 25.8 Å². The van der Waals surface area contributed by atoms with Crippen LogP contribution in [-0.2, 0) is 12.0 Å². The highest BCUT2D eigenvalue weighted by Gasteiger charge is 2.36. The molecule has 3 rings (SSSR count). The molecule has 1 fully saturated rings. The summed E-state index contributed by atoms with van der Waals surface area (Å²) in [5.74, 6) is 1.61. The van der Waals surface area contributed by atoms with Crippen molar-refractivity contribution >= 4 is 29.0 Å². The summed E-state index contributed by atoms with van der Waals surface area (Å²) in [7, 11) is 0. The van der Waals surface area contributed by atoms with Gasteiger partial charge < -0.3 is 10.0 Å². The molecule has 0 radical (unpaired) electrons. The van der Waals surface area contributed by atoms with Crippen LogP contribution in [0.2, 0.25) is 10.2 Å². The van der Waals surface area contributed by atoms with E-state index in [0.29, 0.717) is 36.1 Å². The van der Waals surface area contributed by atoms with Crippen molar-refractivity contribution in [3.63, 3.8) is 0 Å². The first-order valence-corrected chi connectivity index (χ1v) is 8.95. The smallest absolute Gasteiger partial charge is 0.137 e. The largest absolute Gasteiger partial charge is 0.385 e. The molecule has 1 aliphatic rings. The number of halogens is 2. The van der Waals surface area contributed by atoms with Crippen LogP contribution < -0.4 is 4.90 Å². The quantitative estimate of drug-likeness (QED) is 0.830. The van der Waals surface area contributed by atoms with E-state index < -0.39 is 5.60 Å². The van der Waals surface area contributed by atoms with E-state index in [9.17, 15) is 5.11 Å². The molecule has 0 bridgehead atoms. The maximum atomic E-state index is 11.0. The molecule has 1 aromatic heterocycles. The fourth-order valence-corrected chi connectivity index (χ4v) is 3.68. The Bertz CT molecular complexity index is 743. The lowest BCUT2D eigenvalue weighted by molar-refractivity contribution is 0.0117.